The number of aromatic nitrogens is 2. The van der Waals surface area contributed by atoms with Gasteiger partial charge in [-0.2, -0.15) is 5.10 Å². The first-order valence-corrected chi connectivity index (χ1v) is 8.13. The van der Waals surface area contributed by atoms with Gasteiger partial charge >= 0.3 is 0 Å². The van der Waals surface area contributed by atoms with Crippen molar-refractivity contribution in [3.05, 3.63) is 47.3 Å². The average molecular weight is 313 g/mol. The maximum atomic E-state index is 13.0. The fourth-order valence-electron chi connectivity index (χ4n) is 3.29. The molecular weight excluding hydrogens is 290 g/mol. The third-order valence-corrected chi connectivity index (χ3v) is 4.44. The lowest BCUT2D eigenvalue weighted by Crippen LogP contribution is -2.32. The van der Waals surface area contributed by atoms with Gasteiger partial charge in [0.25, 0.3) is 5.91 Å². The van der Waals surface area contributed by atoms with Gasteiger partial charge < -0.3 is 9.64 Å². The number of amides is 1. The molecular formula is C18H23N3O2. The standard InChI is InChI=1S/C18H23N3O2/c1-4-21-17(12-13(2)19-21)18(22)20-11-5-6-16(20)14-7-9-15(23-3)10-8-14/h7-10,12,16H,4-6,11H2,1-3H3/t16-/m1/s1. The first-order chi connectivity index (χ1) is 11.1. The van der Waals surface area contributed by atoms with Gasteiger partial charge in [0.05, 0.1) is 18.8 Å². The molecule has 5 nitrogen and oxygen atoms in total. The zero-order valence-corrected chi connectivity index (χ0v) is 14.0. The zero-order chi connectivity index (χ0) is 16.4. The van der Waals surface area contributed by atoms with Crippen molar-refractivity contribution >= 4 is 5.91 Å². The molecule has 23 heavy (non-hydrogen) atoms. The average Bonchev–Trinajstić information content (AvgIpc) is 3.20. The number of likely N-dealkylation sites (tertiary alicyclic amines) is 1. The highest BCUT2D eigenvalue weighted by Crippen LogP contribution is 2.34. The molecule has 5 heteroatoms. The zero-order valence-electron chi connectivity index (χ0n) is 14.0. The predicted molar refractivity (Wildman–Crippen MR) is 88.6 cm³/mol. The van der Waals surface area contributed by atoms with E-state index in [1.54, 1.807) is 11.8 Å². The number of carbonyl (C=O) groups excluding carboxylic acids is 1. The molecule has 122 valence electrons. The summed E-state index contributed by atoms with van der Waals surface area (Å²) in [5, 5.41) is 4.39. The van der Waals surface area contributed by atoms with Gasteiger partial charge in [0.15, 0.2) is 0 Å². The molecule has 1 aliphatic rings. The maximum absolute atomic E-state index is 13.0. The Morgan fingerprint density at radius 3 is 2.74 bits per heavy atom. The lowest BCUT2D eigenvalue weighted by Gasteiger charge is -2.25. The molecule has 0 bridgehead atoms. The first kappa shape index (κ1) is 15.6. The van der Waals surface area contributed by atoms with Gasteiger partial charge in [0.1, 0.15) is 11.4 Å². The lowest BCUT2D eigenvalue weighted by atomic mass is 10.0. The molecule has 0 saturated carbocycles. The van der Waals surface area contributed by atoms with Crippen molar-refractivity contribution in [1.29, 1.82) is 0 Å². The number of benzene rings is 1. The Morgan fingerprint density at radius 1 is 1.35 bits per heavy atom. The van der Waals surface area contributed by atoms with E-state index in [0.717, 1.165) is 36.4 Å². The number of hydrogen-bond donors (Lipinski definition) is 0. The lowest BCUT2D eigenvalue weighted by molar-refractivity contribution is 0.0723. The number of aryl methyl sites for hydroxylation is 2. The SMILES string of the molecule is CCn1nc(C)cc1C(=O)N1CCC[C@@H]1c1ccc(OC)cc1. The van der Waals surface area contributed by atoms with E-state index < -0.39 is 0 Å². The minimum absolute atomic E-state index is 0.0748. The van der Waals surface area contributed by atoms with E-state index in [0.29, 0.717) is 12.2 Å². The number of methoxy groups -OCH3 is 1. The number of carbonyl (C=O) groups is 1. The first-order valence-electron chi connectivity index (χ1n) is 8.13. The van der Waals surface area contributed by atoms with E-state index in [1.165, 1.54) is 0 Å². The summed E-state index contributed by atoms with van der Waals surface area (Å²) < 4.78 is 7.01. The predicted octanol–water partition coefficient (Wildman–Crippen LogP) is 3.20. The largest absolute Gasteiger partial charge is 0.497 e. The van der Waals surface area contributed by atoms with Gasteiger partial charge in [-0.1, -0.05) is 12.1 Å². The molecule has 1 aromatic heterocycles. The second-order valence-electron chi connectivity index (χ2n) is 5.92. The Kier molecular flexibility index (Phi) is 4.37. The molecule has 1 amide bonds. The fraction of sp³-hybridized carbons (Fsp3) is 0.444. The second kappa shape index (κ2) is 6.44. The van der Waals surface area contributed by atoms with Gasteiger partial charge in [-0.15, -0.1) is 0 Å². The summed E-state index contributed by atoms with van der Waals surface area (Å²) in [7, 11) is 1.66. The van der Waals surface area contributed by atoms with Crippen molar-refractivity contribution in [2.45, 2.75) is 39.3 Å². The quantitative estimate of drug-likeness (QED) is 0.871. The van der Waals surface area contributed by atoms with Crippen LogP contribution in [0.2, 0.25) is 0 Å². The Balaban J connectivity index is 1.86. The van der Waals surface area contributed by atoms with Crippen LogP contribution < -0.4 is 4.74 Å². The van der Waals surface area contributed by atoms with Crippen molar-refractivity contribution in [2.24, 2.45) is 0 Å². The molecule has 3 rings (SSSR count). The van der Waals surface area contributed by atoms with Crippen LogP contribution in [0.5, 0.6) is 5.75 Å². The molecule has 1 saturated heterocycles. The van der Waals surface area contributed by atoms with Crippen LogP contribution in [0.25, 0.3) is 0 Å². The normalized spacial score (nSPS) is 17.5. The van der Waals surface area contributed by atoms with E-state index >= 15 is 0 Å². The van der Waals surface area contributed by atoms with E-state index in [2.05, 4.69) is 17.2 Å². The van der Waals surface area contributed by atoms with Crippen LogP contribution in [0.3, 0.4) is 0 Å². The summed E-state index contributed by atoms with van der Waals surface area (Å²) in [6, 6.07) is 10.0. The summed E-state index contributed by atoms with van der Waals surface area (Å²) in [5.41, 5.74) is 2.73. The summed E-state index contributed by atoms with van der Waals surface area (Å²) in [6.07, 6.45) is 2.03. The highest BCUT2D eigenvalue weighted by molar-refractivity contribution is 5.93. The molecule has 0 N–H and O–H groups in total. The van der Waals surface area contributed by atoms with Crippen LogP contribution in [-0.2, 0) is 6.54 Å². The van der Waals surface area contributed by atoms with E-state index in [1.807, 2.05) is 36.9 Å². The number of ether oxygens (including phenoxy) is 1. The van der Waals surface area contributed by atoms with E-state index in [-0.39, 0.29) is 11.9 Å². The Morgan fingerprint density at radius 2 is 2.09 bits per heavy atom. The molecule has 0 aliphatic carbocycles. The maximum Gasteiger partial charge on any atom is 0.272 e. The molecule has 1 aliphatic heterocycles. The summed E-state index contributed by atoms with van der Waals surface area (Å²) in [6.45, 7) is 5.43. The van der Waals surface area contributed by atoms with Gasteiger partial charge in [0, 0.05) is 13.1 Å². The monoisotopic (exact) mass is 313 g/mol. The van der Waals surface area contributed by atoms with Gasteiger partial charge in [-0.3, -0.25) is 9.48 Å². The van der Waals surface area contributed by atoms with Crippen molar-refractivity contribution < 1.29 is 9.53 Å². The third-order valence-electron chi connectivity index (χ3n) is 4.44. The van der Waals surface area contributed by atoms with Crippen LogP contribution in [-0.4, -0.2) is 34.2 Å². The Hall–Kier alpha value is -2.30. The number of rotatable bonds is 4. The molecule has 1 fully saturated rings. The molecule has 2 heterocycles. The highest BCUT2D eigenvalue weighted by atomic mass is 16.5. The number of nitrogens with zero attached hydrogens (tertiary/aromatic N) is 3. The smallest absolute Gasteiger partial charge is 0.272 e. The molecule has 0 unspecified atom stereocenters. The van der Waals surface area contributed by atoms with Gasteiger partial charge in [-0.05, 0) is 50.5 Å². The third kappa shape index (κ3) is 2.96. The topological polar surface area (TPSA) is 47.4 Å². The molecule has 1 atom stereocenters. The van der Waals surface area contributed by atoms with Gasteiger partial charge in [0.2, 0.25) is 0 Å². The molecule has 2 aromatic rings. The van der Waals surface area contributed by atoms with Crippen molar-refractivity contribution in [1.82, 2.24) is 14.7 Å². The minimum Gasteiger partial charge on any atom is -0.497 e. The number of hydrogen-bond acceptors (Lipinski definition) is 3. The van der Waals surface area contributed by atoms with Crippen LogP contribution in [0.1, 0.15) is 47.6 Å². The molecule has 1 aromatic carbocycles. The van der Waals surface area contributed by atoms with Crippen LogP contribution in [0, 0.1) is 6.92 Å². The summed E-state index contributed by atoms with van der Waals surface area (Å²) in [5.74, 6) is 0.912. The van der Waals surface area contributed by atoms with Crippen LogP contribution in [0.4, 0.5) is 0 Å². The van der Waals surface area contributed by atoms with Crippen LogP contribution >= 0.6 is 0 Å². The summed E-state index contributed by atoms with van der Waals surface area (Å²) in [4.78, 5) is 15.0. The van der Waals surface area contributed by atoms with Gasteiger partial charge in [-0.25, -0.2) is 0 Å². The molecule has 0 radical (unpaired) electrons. The van der Waals surface area contributed by atoms with Crippen molar-refractivity contribution in [3.8, 4) is 5.75 Å². The Labute approximate surface area is 136 Å². The second-order valence-corrected chi connectivity index (χ2v) is 5.92. The van der Waals surface area contributed by atoms with Crippen LogP contribution in [0.15, 0.2) is 30.3 Å². The van der Waals surface area contributed by atoms with Crippen molar-refractivity contribution in [3.63, 3.8) is 0 Å². The van der Waals surface area contributed by atoms with E-state index in [4.69, 9.17) is 4.74 Å². The minimum atomic E-state index is 0.0748. The Bertz CT molecular complexity index is 691. The highest BCUT2D eigenvalue weighted by Gasteiger charge is 2.32. The molecule has 0 spiro atoms. The summed E-state index contributed by atoms with van der Waals surface area (Å²) >= 11 is 0. The van der Waals surface area contributed by atoms with Crippen molar-refractivity contribution in [2.75, 3.05) is 13.7 Å². The fourth-order valence-corrected chi connectivity index (χ4v) is 3.29. The van der Waals surface area contributed by atoms with E-state index in [9.17, 15) is 4.79 Å².